The second kappa shape index (κ2) is 4.65. The molecule has 1 aromatic heterocycles. The first-order chi connectivity index (χ1) is 8.79. The third kappa shape index (κ3) is 2.10. The lowest BCUT2D eigenvalue weighted by Crippen LogP contribution is -1.96. The van der Waals surface area contributed by atoms with E-state index in [0.717, 1.165) is 36.0 Å². The minimum Gasteiger partial charge on any atom is -0.490 e. The summed E-state index contributed by atoms with van der Waals surface area (Å²) in [5.41, 5.74) is 0.751. The molecule has 96 valence electrons. The van der Waals surface area contributed by atoms with E-state index in [-0.39, 0.29) is 0 Å². The molecular formula is C15H18O3. The maximum absolute atomic E-state index is 10.1. The maximum atomic E-state index is 10.1. The van der Waals surface area contributed by atoms with E-state index in [1.807, 2.05) is 24.3 Å². The predicted molar refractivity (Wildman–Crippen MR) is 69.7 cm³/mol. The number of hydrogen-bond donors (Lipinski definition) is 1. The average molecular weight is 246 g/mol. The van der Waals surface area contributed by atoms with Gasteiger partial charge in [-0.05, 0) is 37.3 Å². The van der Waals surface area contributed by atoms with Gasteiger partial charge in [-0.25, -0.2) is 0 Å². The summed E-state index contributed by atoms with van der Waals surface area (Å²) in [7, 11) is 0. The zero-order valence-corrected chi connectivity index (χ0v) is 10.6. The second-order valence-corrected chi connectivity index (χ2v) is 4.95. The van der Waals surface area contributed by atoms with E-state index in [4.69, 9.17) is 9.15 Å². The van der Waals surface area contributed by atoms with Crippen LogP contribution in [-0.2, 0) is 0 Å². The van der Waals surface area contributed by atoms with Crippen molar-refractivity contribution in [1.29, 1.82) is 0 Å². The smallest absolute Gasteiger partial charge is 0.176 e. The Hall–Kier alpha value is -1.48. The molecule has 1 aliphatic carbocycles. The number of para-hydroxylation sites is 1. The van der Waals surface area contributed by atoms with Crippen LogP contribution in [0.5, 0.6) is 5.75 Å². The van der Waals surface area contributed by atoms with Gasteiger partial charge in [0.05, 0.1) is 6.61 Å². The van der Waals surface area contributed by atoms with Crippen LogP contribution in [0.2, 0.25) is 0 Å². The molecule has 3 heteroatoms. The third-order valence-corrected chi connectivity index (χ3v) is 3.35. The summed E-state index contributed by atoms with van der Waals surface area (Å²) < 4.78 is 11.4. The summed E-state index contributed by atoms with van der Waals surface area (Å²) in [5, 5.41) is 11.1. The number of furan rings is 1. The van der Waals surface area contributed by atoms with Gasteiger partial charge in [-0.2, -0.15) is 0 Å². The first kappa shape index (κ1) is 11.6. The van der Waals surface area contributed by atoms with E-state index >= 15 is 0 Å². The van der Waals surface area contributed by atoms with Gasteiger partial charge in [0.15, 0.2) is 11.3 Å². The highest BCUT2D eigenvalue weighted by Crippen LogP contribution is 2.43. The van der Waals surface area contributed by atoms with Crippen molar-refractivity contribution in [3.63, 3.8) is 0 Å². The molecular weight excluding hydrogens is 228 g/mol. The fourth-order valence-electron chi connectivity index (χ4n) is 2.17. The van der Waals surface area contributed by atoms with Crippen molar-refractivity contribution in [2.24, 2.45) is 5.92 Å². The highest BCUT2D eigenvalue weighted by atomic mass is 16.5. The SMILES string of the molecule is CCCOc1cccc2cc(C(O)C3CC3)oc12. The number of hydrogen-bond acceptors (Lipinski definition) is 3. The molecule has 1 fully saturated rings. The lowest BCUT2D eigenvalue weighted by molar-refractivity contribution is 0.129. The standard InChI is InChI=1S/C15H18O3/c1-2-8-17-12-5-3-4-11-9-13(18-15(11)12)14(16)10-6-7-10/h3-5,9-10,14,16H,2,6-8H2,1H3. The van der Waals surface area contributed by atoms with E-state index in [1.165, 1.54) is 0 Å². The fraction of sp³-hybridized carbons (Fsp3) is 0.467. The van der Waals surface area contributed by atoms with Crippen molar-refractivity contribution in [1.82, 2.24) is 0 Å². The number of benzene rings is 1. The Labute approximate surface area is 106 Å². The van der Waals surface area contributed by atoms with Crippen molar-refractivity contribution in [3.8, 4) is 5.75 Å². The number of aliphatic hydroxyl groups is 1. The molecule has 3 nitrogen and oxygen atoms in total. The molecule has 0 saturated heterocycles. The van der Waals surface area contributed by atoms with Gasteiger partial charge in [0, 0.05) is 5.39 Å². The summed E-state index contributed by atoms with van der Waals surface area (Å²) in [6.07, 6.45) is 2.69. The fourth-order valence-corrected chi connectivity index (χ4v) is 2.17. The van der Waals surface area contributed by atoms with Gasteiger partial charge in [0.1, 0.15) is 11.9 Å². The molecule has 1 N–H and O–H groups in total. The van der Waals surface area contributed by atoms with Crippen molar-refractivity contribution < 1.29 is 14.3 Å². The first-order valence-corrected chi connectivity index (χ1v) is 6.63. The number of rotatable bonds is 5. The van der Waals surface area contributed by atoms with E-state index in [2.05, 4.69) is 6.92 Å². The lowest BCUT2D eigenvalue weighted by atomic mass is 10.1. The number of ether oxygens (including phenoxy) is 1. The Balaban J connectivity index is 1.94. The minimum atomic E-state index is -0.462. The molecule has 0 amide bonds. The van der Waals surface area contributed by atoms with E-state index in [0.29, 0.717) is 18.3 Å². The number of fused-ring (bicyclic) bond motifs is 1. The monoisotopic (exact) mass is 246 g/mol. The van der Waals surface area contributed by atoms with Crippen LogP contribution >= 0.6 is 0 Å². The van der Waals surface area contributed by atoms with Crippen LogP contribution < -0.4 is 4.74 Å². The van der Waals surface area contributed by atoms with E-state index in [9.17, 15) is 5.11 Å². The van der Waals surface area contributed by atoms with Gasteiger partial charge < -0.3 is 14.3 Å². The molecule has 0 spiro atoms. The van der Waals surface area contributed by atoms with Crippen molar-refractivity contribution in [3.05, 3.63) is 30.0 Å². The zero-order chi connectivity index (χ0) is 12.5. The van der Waals surface area contributed by atoms with E-state index in [1.54, 1.807) is 0 Å². The van der Waals surface area contributed by atoms with Crippen molar-refractivity contribution in [2.75, 3.05) is 6.61 Å². The van der Waals surface area contributed by atoms with Crippen LogP contribution in [0.25, 0.3) is 11.0 Å². The first-order valence-electron chi connectivity index (χ1n) is 6.63. The van der Waals surface area contributed by atoms with Gasteiger partial charge >= 0.3 is 0 Å². The summed E-state index contributed by atoms with van der Waals surface area (Å²) >= 11 is 0. The van der Waals surface area contributed by atoms with Gasteiger partial charge in [-0.1, -0.05) is 19.1 Å². The molecule has 1 aromatic carbocycles. The van der Waals surface area contributed by atoms with Gasteiger partial charge in [-0.3, -0.25) is 0 Å². The highest BCUT2D eigenvalue weighted by Gasteiger charge is 2.33. The maximum Gasteiger partial charge on any atom is 0.176 e. The summed E-state index contributed by atoms with van der Waals surface area (Å²) in [6.45, 7) is 2.75. The quantitative estimate of drug-likeness (QED) is 0.875. The largest absolute Gasteiger partial charge is 0.490 e. The molecule has 1 heterocycles. The van der Waals surface area contributed by atoms with Gasteiger partial charge in [0.2, 0.25) is 0 Å². The van der Waals surface area contributed by atoms with Crippen LogP contribution in [0.4, 0.5) is 0 Å². The highest BCUT2D eigenvalue weighted by molar-refractivity contribution is 5.83. The summed E-state index contributed by atoms with van der Waals surface area (Å²) in [4.78, 5) is 0. The Morgan fingerprint density at radius 1 is 1.44 bits per heavy atom. The van der Waals surface area contributed by atoms with Crippen molar-refractivity contribution in [2.45, 2.75) is 32.3 Å². The third-order valence-electron chi connectivity index (χ3n) is 3.35. The molecule has 2 aromatic rings. The zero-order valence-electron chi connectivity index (χ0n) is 10.6. The molecule has 0 radical (unpaired) electrons. The summed E-state index contributed by atoms with van der Waals surface area (Å²) in [6, 6.07) is 7.78. The normalized spacial score (nSPS) is 17.0. The molecule has 3 rings (SSSR count). The molecule has 0 aliphatic heterocycles. The van der Waals surface area contributed by atoms with Crippen molar-refractivity contribution >= 4 is 11.0 Å². The Morgan fingerprint density at radius 2 is 2.28 bits per heavy atom. The Morgan fingerprint density at radius 3 is 3.00 bits per heavy atom. The van der Waals surface area contributed by atoms with Crippen LogP contribution in [-0.4, -0.2) is 11.7 Å². The molecule has 18 heavy (non-hydrogen) atoms. The van der Waals surface area contributed by atoms with Crippen LogP contribution in [0, 0.1) is 5.92 Å². The van der Waals surface area contributed by atoms with Crippen LogP contribution in [0.15, 0.2) is 28.7 Å². The summed E-state index contributed by atoms with van der Waals surface area (Å²) in [5.74, 6) is 1.81. The molecule has 1 unspecified atom stereocenters. The average Bonchev–Trinajstić information content (AvgIpc) is 3.14. The number of aliphatic hydroxyl groups excluding tert-OH is 1. The molecule has 1 aliphatic rings. The van der Waals surface area contributed by atoms with Gasteiger partial charge in [-0.15, -0.1) is 0 Å². The Kier molecular flexibility index (Phi) is 3.00. The molecule has 1 saturated carbocycles. The van der Waals surface area contributed by atoms with Crippen LogP contribution in [0.3, 0.4) is 0 Å². The topological polar surface area (TPSA) is 42.6 Å². The van der Waals surface area contributed by atoms with Crippen LogP contribution in [0.1, 0.15) is 38.1 Å². The Bertz CT molecular complexity index is 540. The lowest BCUT2D eigenvalue weighted by Gasteiger charge is -2.05. The molecule has 1 atom stereocenters. The minimum absolute atomic E-state index is 0.380. The van der Waals surface area contributed by atoms with E-state index < -0.39 is 6.10 Å². The van der Waals surface area contributed by atoms with Gasteiger partial charge in [0.25, 0.3) is 0 Å². The second-order valence-electron chi connectivity index (χ2n) is 4.95. The molecule has 0 bridgehead atoms. The predicted octanol–water partition coefficient (Wildman–Crippen LogP) is 3.67.